The molecule has 2 rings (SSSR count). The second-order valence-corrected chi connectivity index (χ2v) is 4.71. The lowest BCUT2D eigenvalue weighted by Crippen LogP contribution is -2.41. The summed E-state index contributed by atoms with van der Waals surface area (Å²) < 4.78 is 10.7. The fourth-order valence-electron chi connectivity index (χ4n) is 2.29. The van der Waals surface area contributed by atoms with Crippen LogP contribution in [0.4, 0.5) is 0 Å². The van der Waals surface area contributed by atoms with Gasteiger partial charge in [-0.1, -0.05) is 11.8 Å². The summed E-state index contributed by atoms with van der Waals surface area (Å²) in [5.41, 5.74) is 1.85. The van der Waals surface area contributed by atoms with Gasteiger partial charge in [-0.25, -0.2) is 0 Å². The van der Waals surface area contributed by atoms with Crippen molar-refractivity contribution >= 4 is 0 Å². The third kappa shape index (κ3) is 4.21. The van der Waals surface area contributed by atoms with Gasteiger partial charge in [0.15, 0.2) is 6.10 Å². The van der Waals surface area contributed by atoms with Crippen LogP contribution >= 0.6 is 0 Å². The van der Waals surface area contributed by atoms with E-state index in [1.54, 1.807) is 7.11 Å². The topological polar surface area (TPSA) is 65.7 Å². The van der Waals surface area contributed by atoms with Crippen LogP contribution in [-0.4, -0.2) is 49.5 Å². The third-order valence-corrected chi connectivity index (χ3v) is 3.28. The number of aliphatic hydroxyl groups is 1. The van der Waals surface area contributed by atoms with Crippen LogP contribution in [0.5, 0.6) is 5.75 Å². The quantitative estimate of drug-likeness (QED) is 0.831. The Bertz CT molecular complexity index is 583. The van der Waals surface area contributed by atoms with Gasteiger partial charge in [-0.3, -0.25) is 4.90 Å². The Hall–Kier alpha value is -2.05. The van der Waals surface area contributed by atoms with Crippen LogP contribution in [0, 0.1) is 23.2 Å². The molecule has 1 atom stereocenters. The summed E-state index contributed by atoms with van der Waals surface area (Å²) >= 11 is 0. The highest BCUT2D eigenvalue weighted by Crippen LogP contribution is 2.22. The Kier molecular flexibility index (Phi) is 5.59. The van der Waals surface area contributed by atoms with Gasteiger partial charge >= 0.3 is 0 Å². The van der Waals surface area contributed by atoms with Crippen molar-refractivity contribution in [3.05, 3.63) is 29.3 Å². The van der Waals surface area contributed by atoms with Gasteiger partial charge in [-0.05, 0) is 18.2 Å². The number of nitrogens with zero attached hydrogens (tertiary/aromatic N) is 2. The first-order valence-electron chi connectivity index (χ1n) is 6.77. The van der Waals surface area contributed by atoms with Crippen LogP contribution in [0.25, 0.3) is 0 Å². The second-order valence-electron chi connectivity index (χ2n) is 4.71. The van der Waals surface area contributed by atoms with Crippen molar-refractivity contribution in [2.24, 2.45) is 0 Å². The Morgan fingerprint density at radius 2 is 2.38 bits per heavy atom. The summed E-state index contributed by atoms with van der Waals surface area (Å²) in [4.78, 5) is 2.17. The summed E-state index contributed by atoms with van der Waals surface area (Å²) in [6, 6.07) is 7.84. The molecule has 0 spiro atoms. The molecule has 21 heavy (non-hydrogen) atoms. The second kappa shape index (κ2) is 7.66. The summed E-state index contributed by atoms with van der Waals surface area (Å²) in [6.45, 7) is 2.46. The van der Waals surface area contributed by atoms with Gasteiger partial charge in [0.25, 0.3) is 0 Å². The number of benzene rings is 1. The first kappa shape index (κ1) is 15.3. The van der Waals surface area contributed by atoms with E-state index in [1.807, 2.05) is 18.2 Å². The summed E-state index contributed by atoms with van der Waals surface area (Å²) in [6.07, 6.45) is -0.373. The molecule has 0 radical (unpaired) electrons. The highest BCUT2D eigenvalue weighted by molar-refractivity contribution is 5.44. The van der Waals surface area contributed by atoms with Crippen molar-refractivity contribution in [2.45, 2.75) is 12.6 Å². The van der Waals surface area contributed by atoms with Crippen molar-refractivity contribution < 1.29 is 14.6 Å². The maximum absolute atomic E-state index is 8.95. The van der Waals surface area contributed by atoms with Gasteiger partial charge in [-0.15, -0.1) is 0 Å². The predicted molar refractivity (Wildman–Crippen MR) is 77.6 cm³/mol. The third-order valence-electron chi connectivity index (χ3n) is 3.28. The SMILES string of the molecule is COc1ccc(C#CCO)cc1CN1CCOC(C#N)C1. The number of aliphatic hydroxyl groups excluding tert-OH is 1. The summed E-state index contributed by atoms with van der Waals surface area (Å²) in [5.74, 6) is 6.33. The van der Waals surface area contributed by atoms with Gasteiger partial charge in [0.05, 0.1) is 19.8 Å². The molecule has 1 heterocycles. The molecule has 1 aromatic carbocycles. The van der Waals surface area contributed by atoms with Crippen LogP contribution in [0.15, 0.2) is 18.2 Å². The molecule has 5 nitrogen and oxygen atoms in total. The number of nitriles is 1. The van der Waals surface area contributed by atoms with E-state index in [0.29, 0.717) is 19.7 Å². The Labute approximate surface area is 124 Å². The fourth-order valence-corrected chi connectivity index (χ4v) is 2.29. The average molecular weight is 286 g/mol. The Morgan fingerprint density at radius 1 is 1.52 bits per heavy atom. The van der Waals surface area contributed by atoms with E-state index < -0.39 is 0 Å². The maximum Gasteiger partial charge on any atom is 0.156 e. The van der Waals surface area contributed by atoms with Gasteiger partial charge in [0.2, 0.25) is 0 Å². The zero-order valence-electron chi connectivity index (χ0n) is 12.0. The zero-order chi connectivity index (χ0) is 15.1. The zero-order valence-corrected chi connectivity index (χ0v) is 12.0. The number of methoxy groups -OCH3 is 1. The number of hydrogen-bond donors (Lipinski definition) is 1. The highest BCUT2D eigenvalue weighted by Gasteiger charge is 2.20. The molecule has 110 valence electrons. The minimum absolute atomic E-state index is 0.158. The molecule has 0 amide bonds. The van der Waals surface area contributed by atoms with Crippen LogP contribution in [0.2, 0.25) is 0 Å². The normalized spacial score (nSPS) is 18.4. The smallest absolute Gasteiger partial charge is 0.156 e. The number of hydrogen-bond acceptors (Lipinski definition) is 5. The molecule has 1 aromatic rings. The van der Waals surface area contributed by atoms with Crippen LogP contribution in [0.3, 0.4) is 0 Å². The Morgan fingerprint density at radius 3 is 3.10 bits per heavy atom. The number of ether oxygens (including phenoxy) is 2. The molecule has 0 bridgehead atoms. The largest absolute Gasteiger partial charge is 0.496 e. The van der Waals surface area contributed by atoms with E-state index in [-0.39, 0.29) is 12.7 Å². The van der Waals surface area contributed by atoms with Crippen LogP contribution < -0.4 is 4.74 Å². The molecule has 0 aliphatic carbocycles. The minimum Gasteiger partial charge on any atom is -0.496 e. The fraction of sp³-hybridized carbons (Fsp3) is 0.438. The molecule has 5 heteroatoms. The molecule has 1 aliphatic heterocycles. The first-order chi connectivity index (χ1) is 10.3. The monoisotopic (exact) mass is 286 g/mol. The molecule has 0 aromatic heterocycles. The lowest BCUT2D eigenvalue weighted by atomic mass is 10.1. The molecule has 1 unspecified atom stereocenters. The van der Waals surface area contributed by atoms with Crippen molar-refractivity contribution in [2.75, 3.05) is 33.4 Å². The van der Waals surface area contributed by atoms with Gasteiger partial charge in [-0.2, -0.15) is 5.26 Å². The van der Waals surface area contributed by atoms with Gasteiger partial charge < -0.3 is 14.6 Å². The van der Waals surface area contributed by atoms with E-state index in [0.717, 1.165) is 23.4 Å². The minimum atomic E-state index is -0.373. The van der Waals surface area contributed by atoms with E-state index in [1.165, 1.54) is 0 Å². The van der Waals surface area contributed by atoms with E-state index in [2.05, 4.69) is 22.8 Å². The number of morpholine rings is 1. The molecular weight excluding hydrogens is 268 g/mol. The lowest BCUT2D eigenvalue weighted by molar-refractivity contribution is -0.00291. The molecule has 0 saturated carbocycles. The van der Waals surface area contributed by atoms with Crippen LogP contribution in [-0.2, 0) is 11.3 Å². The lowest BCUT2D eigenvalue weighted by Gasteiger charge is -2.30. The maximum atomic E-state index is 8.95. The molecule has 1 N–H and O–H groups in total. The van der Waals surface area contributed by atoms with Crippen molar-refractivity contribution in [3.8, 4) is 23.7 Å². The molecule has 1 saturated heterocycles. The van der Waals surface area contributed by atoms with Crippen molar-refractivity contribution in [1.29, 1.82) is 5.26 Å². The number of rotatable bonds is 3. The summed E-state index contributed by atoms with van der Waals surface area (Å²) in [5, 5.41) is 17.7. The standard InChI is InChI=1S/C16H18N2O3/c1-20-16-5-4-13(3-2-7-19)9-14(16)11-18-6-8-21-15(10-17)12-18/h4-5,9,15,19H,6-8,11-12H2,1H3. The first-order valence-corrected chi connectivity index (χ1v) is 6.77. The molecule has 1 aliphatic rings. The molecule has 1 fully saturated rings. The summed E-state index contributed by atoms with van der Waals surface area (Å²) in [7, 11) is 1.63. The Balaban J connectivity index is 2.15. The van der Waals surface area contributed by atoms with Crippen molar-refractivity contribution in [3.63, 3.8) is 0 Å². The van der Waals surface area contributed by atoms with E-state index >= 15 is 0 Å². The van der Waals surface area contributed by atoms with Gasteiger partial charge in [0, 0.05) is 30.8 Å². The van der Waals surface area contributed by atoms with E-state index in [4.69, 9.17) is 19.8 Å². The highest BCUT2D eigenvalue weighted by atomic mass is 16.5. The molecular formula is C16H18N2O3. The predicted octanol–water partition coefficient (Wildman–Crippen LogP) is 0.763. The van der Waals surface area contributed by atoms with Gasteiger partial charge in [0.1, 0.15) is 12.4 Å². The van der Waals surface area contributed by atoms with E-state index in [9.17, 15) is 0 Å². The average Bonchev–Trinajstić information content (AvgIpc) is 2.53. The van der Waals surface area contributed by atoms with Crippen LogP contribution in [0.1, 0.15) is 11.1 Å². The van der Waals surface area contributed by atoms with Crippen molar-refractivity contribution in [1.82, 2.24) is 4.90 Å².